The van der Waals surface area contributed by atoms with Crippen LogP contribution in [0.1, 0.15) is 29.2 Å². The third kappa shape index (κ3) is 8.11. The zero-order valence-electron chi connectivity index (χ0n) is 25.6. The summed E-state index contributed by atoms with van der Waals surface area (Å²) in [6.45, 7) is 10.8. The van der Waals surface area contributed by atoms with Crippen molar-refractivity contribution in [2.75, 3.05) is 10.2 Å². The summed E-state index contributed by atoms with van der Waals surface area (Å²) in [6, 6.07) is 16.9. The van der Waals surface area contributed by atoms with Gasteiger partial charge in [-0.25, -0.2) is 18.6 Å². The van der Waals surface area contributed by atoms with E-state index >= 15 is 0 Å². The number of urea groups is 1. The molecule has 4 N–H and O–H groups in total. The molecule has 4 aromatic carbocycles. The topological polar surface area (TPSA) is 105 Å². The SMILES string of the molecule is [CH2][CH]N([CH][CH2])c1ccc(-c2nc3cc(C(CC(N)=O)NC(=O)Nc4ccc(C(F)(F)F)c(Cl)c4)ccc3n2Cc2ccc(F)c(F)c2)cc1. The summed E-state index contributed by atoms with van der Waals surface area (Å²) in [5.74, 6) is -2.22. The number of carbonyl (C=O) groups is 2. The maximum atomic E-state index is 14.2. The molecule has 0 saturated heterocycles. The molecular weight excluding hydrogens is 667 g/mol. The van der Waals surface area contributed by atoms with Crippen molar-refractivity contribution in [3.8, 4) is 11.4 Å². The summed E-state index contributed by atoms with van der Waals surface area (Å²) >= 11 is 5.78. The van der Waals surface area contributed by atoms with Crippen molar-refractivity contribution in [1.29, 1.82) is 0 Å². The van der Waals surface area contributed by atoms with Crippen LogP contribution in [0.5, 0.6) is 0 Å². The molecule has 252 valence electrons. The number of primary amides is 1. The summed E-state index contributed by atoms with van der Waals surface area (Å²) in [5.41, 5.74) is 7.86. The number of anilines is 2. The Bertz CT molecular complexity index is 1990. The van der Waals surface area contributed by atoms with Gasteiger partial charge in [-0.3, -0.25) is 4.79 Å². The number of nitrogens with two attached hydrogens (primary N) is 1. The molecule has 1 unspecified atom stereocenters. The van der Waals surface area contributed by atoms with Gasteiger partial charge in [0.05, 0.1) is 34.1 Å². The molecule has 0 aliphatic carbocycles. The summed E-state index contributed by atoms with van der Waals surface area (Å²) in [6.07, 6.45) is -4.99. The second-order valence-corrected chi connectivity index (χ2v) is 11.3. The zero-order chi connectivity index (χ0) is 35.5. The summed E-state index contributed by atoms with van der Waals surface area (Å²) in [4.78, 5) is 31.5. The Labute approximate surface area is 283 Å². The first-order chi connectivity index (χ1) is 23.3. The van der Waals surface area contributed by atoms with E-state index in [1.807, 2.05) is 28.8 Å². The minimum atomic E-state index is -4.67. The van der Waals surface area contributed by atoms with Crippen LogP contribution in [0.4, 0.5) is 38.1 Å². The second kappa shape index (κ2) is 14.5. The Morgan fingerprint density at radius 3 is 2.29 bits per heavy atom. The van der Waals surface area contributed by atoms with Crippen molar-refractivity contribution in [2.24, 2.45) is 5.73 Å². The molecule has 0 fully saturated rings. The van der Waals surface area contributed by atoms with Crippen LogP contribution in [0.25, 0.3) is 22.4 Å². The third-order valence-electron chi connectivity index (χ3n) is 7.56. The number of benzene rings is 4. The van der Waals surface area contributed by atoms with Gasteiger partial charge < -0.3 is 25.8 Å². The van der Waals surface area contributed by atoms with Crippen LogP contribution >= 0.6 is 11.6 Å². The van der Waals surface area contributed by atoms with E-state index in [2.05, 4.69) is 24.5 Å². The fourth-order valence-electron chi connectivity index (χ4n) is 5.23. The van der Waals surface area contributed by atoms with E-state index in [1.165, 1.54) is 6.07 Å². The quantitative estimate of drug-likeness (QED) is 0.121. The first-order valence-electron chi connectivity index (χ1n) is 14.6. The van der Waals surface area contributed by atoms with Gasteiger partial charge in [0.1, 0.15) is 5.82 Å². The van der Waals surface area contributed by atoms with Crippen LogP contribution in [0.15, 0.2) is 78.9 Å². The maximum absolute atomic E-state index is 14.2. The minimum absolute atomic E-state index is 0.0142. The summed E-state index contributed by atoms with van der Waals surface area (Å²) < 4.78 is 69.0. The number of amides is 3. The molecule has 8 nitrogen and oxygen atoms in total. The number of rotatable bonds is 11. The average molecular weight is 695 g/mol. The summed E-state index contributed by atoms with van der Waals surface area (Å²) in [5, 5.41) is 4.44. The van der Waals surface area contributed by atoms with E-state index in [0.29, 0.717) is 33.5 Å². The fraction of sp³-hybridized carbons (Fsp3) is 0.114. The van der Waals surface area contributed by atoms with Gasteiger partial charge in [0.15, 0.2) is 11.6 Å². The molecule has 4 radical (unpaired) electrons. The number of fused-ring (bicyclic) bond motifs is 1. The molecule has 0 spiro atoms. The Hall–Kier alpha value is -5.17. The monoisotopic (exact) mass is 694 g/mol. The average Bonchev–Trinajstić information content (AvgIpc) is 3.40. The van der Waals surface area contributed by atoms with E-state index in [-0.39, 0.29) is 18.7 Å². The van der Waals surface area contributed by atoms with Crippen molar-refractivity contribution in [1.82, 2.24) is 14.9 Å². The van der Waals surface area contributed by atoms with Gasteiger partial charge >= 0.3 is 12.2 Å². The smallest absolute Gasteiger partial charge is 0.370 e. The highest BCUT2D eigenvalue weighted by atomic mass is 35.5. The number of nitrogens with one attached hydrogen (secondary N) is 2. The normalized spacial score (nSPS) is 12.2. The van der Waals surface area contributed by atoms with Gasteiger partial charge in [0.25, 0.3) is 0 Å². The molecule has 0 bridgehead atoms. The third-order valence-corrected chi connectivity index (χ3v) is 7.87. The molecule has 14 heteroatoms. The lowest BCUT2D eigenvalue weighted by Gasteiger charge is -2.20. The van der Waals surface area contributed by atoms with E-state index in [4.69, 9.17) is 22.3 Å². The van der Waals surface area contributed by atoms with Gasteiger partial charge in [-0.2, -0.15) is 13.2 Å². The molecule has 5 rings (SSSR count). The minimum Gasteiger partial charge on any atom is -0.370 e. The van der Waals surface area contributed by atoms with Crippen molar-refractivity contribution >= 4 is 45.9 Å². The maximum Gasteiger partial charge on any atom is 0.417 e. The molecule has 3 amide bonds. The molecule has 0 aliphatic heterocycles. The van der Waals surface area contributed by atoms with E-state index < -0.39 is 46.4 Å². The molecule has 5 aromatic rings. The van der Waals surface area contributed by atoms with Crippen molar-refractivity contribution in [3.63, 3.8) is 0 Å². The molecule has 1 atom stereocenters. The molecule has 1 heterocycles. The highest BCUT2D eigenvalue weighted by Crippen LogP contribution is 2.36. The predicted molar refractivity (Wildman–Crippen MR) is 178 cm³/mol. The number of hydrogen-bond donors (Lipinski definition) is 3. The number of alkyl halides is 3. The lowest BCUT2D eigenvalue weighted by atomic mass is 10.0. The highest BCUT2D eigenvalue weighted by molar-refractivity contribution is 6.31. The van der Waals surface area contributed by atoms with Crippen LogP contribution in [-0.2, 0) is 17.5 Å². The number of imidazole rings is 1. The Morgan fingerprint density at radius 1 is 0.959 bits per heavy atom. The molecular formula is C35H28ClF5N6O2. The van der Waals surface area contributed by atoms with Crippen molar-refractivity contribution < 1.29 is 31.5 Å². The van der Waals surface area contributed by atoms with Gasteiger partial charge in [0.2, 0.25) is 5.91 Å². The molecule has 0 saturated carbocycles. The predicted octanol–water partition coefficient (Wildman–Crippen LogP) is 8.24. The number of carbonyl (C=O) groups excluding carboxylic acids is 2. The second-order valence-electron chi connectivity index (χ2n) is 10.9. The lowest BCUT2D eigenvalue weighted by molar-refractivity contribution is -0.137. The number of hydrogen-bond acceptors (Lipinski definition) is 4. The lowest BCUT2D eigenvalue weighted by Crippen LogP contribution is -2.35. The number of halogens is 6. The Morgan fingerprint density at radius 2 is 1.67 bits per heavy atom. The van der Waals surface area contributed by atoms with Crippen molar-refractivity contribution in [2.45, 2.75) is 25.2 Å². The van der Waals surface area contributed by atoms with Gasteiger partial charge in [-0.1, -0.05) is 23.7 Å². The van der Waals surface area contributed by atoms with E-state index in [1.54, 1.807) is 36.2 Å². The summed E-state index contributed by atoms with van der Waals surface area (Å²) in [7, 11) is 0. The van der Waals surface area contributed by atoms with Gasteiger partial charge in [-0.15, -0.1) is 0 Å². The van der Waals surface area contributed by atoms with Crippen LogP contribution in [-0.4, -0.2) is 21.5 Å². The van der Waals surface area contributed by atoms with Crippen LogP contribution in [0.2, 0.25) is 5.02 Å². The first kappa shape index (κ1) is 35.1. The van der Waals surface area contributed by atoms with Gasteiger partial charge in [0, 0.05) is 36.6 Å². The van der Waals surface area contributed by atoms with Crippen LogP contribution < -0.4 is 21.3 Å². The zero-order valence-corrected chi connectivity index (χ0v) is 26.3. The Kier molecular flexibility index (Phi) is 10.4. The van der Waals surface area contributed by atoms with Crippen LogP contribution in [0, 0.1) is 38.6 Å². The molecule has 0 aliphatic rings. The van der Waals surface area contributed by atoms with Crippen LogP contribution in [0.3, 0.4) is 0 Å². The number of nitrogens with zero attached hydrogens (tertiary/aromatic N) is 3. The fourth-order valence-corrected chi connectivity index (χ4v) is 5.52. The van der Waals surface area contributed by atoms with Crippen molar-refractivity contribution in [3.05, 3.63) is 139 Å². The number of aromatic nitrogens is 2. The van der Waals surface area contributed by atoms with Gasteiger partial charge in [-0.05, 0) is 91.7 Å². The Balaban J connectivity index is 1.49. The molecule has 1 aromatic heterocycles. The highest BCUT2D eigenvalue weighted by Gasteiger charge is 2.33. The standard InChI is InChI=1S/C35H28ClF5N6O2/c1-3-46(4-2)24-10-6-21(7-11-24)33-44-30-16-22(8-14-31(30)47(33)19-20-5-13-27(37)28(38)15-20)29(18-32(42)48)45-34(49)43-23-9-12-25(26(36)17-23)35(39,40)41/h3-17,29H,1-2,18-19H2,(H2,42,48)(H2,43,45,49). The van der Waals surface area contributed by atoms with E-state index in [9.17, 15) is 31.5 Å². The molecule has 49 heavy (non-hydrogen) atoms. The first-order valence-corrected chi connectivity index (χ1v) is 15.0. The van der Waals surface area contributed by atoms with E-state index in [0.717, 1.165) is 36.0 Å². The largest absolute Gasteiger partial charge is 0.417 e.